The second-order valence-electron chi connectivity index (χ2n) is 8.94. The summed E-state index contributed by atoms with van der Waals surface area (Å²) in [5, 5.41) is 3.38. The summed E-state index contributed by atoms with van der Waals surface area (Å²) < 4.78 is 27.3. The lowest BCUT2D eigenvalue weighted by molar-refractivity contribution is -0.122. The van der Waals surface area contributed by atoms with Gasteiger partial charge in [0.1, 0.15) is 0 Å². The Bertz CT molecular complexity index is 1160. The van der Waals surface area contributed by atoms with Crippen molar-refractivity contribution in [2.24, 2.45) is 11.8 Å². The van der Waals surface area contributed by atoms with E-state index >= 15 is 0 Å². The van der Waals surface area contributed by atoms with Gasteiger partial charge in [-0.1, -0.05) is 24.6 Å². The van der Waals surface area contributed by atoms with Gasteiger partial charge in [-0.25, -0.2) is 8.42 Å². The van der Waals surface area contributed by atoms with Crippen LogP contribution in [0.5, 0.6) is 0 Å². The van der Waals surface area contributed by atoms with E-state index in [0.29, 0.717) is 35.4 Å². The van der Waals surface area contributed by atoms with Crippen LogP contribution >= 0.6 is 11.6 Å². The largest absolute Gasteiger partial charge is 0.326 e. The number of carbonyl (C=O) groups is 2. The molecule has 2 amide bonds. The predicted molar refractivity (Wildman–Crippen MR) is 129 cm³/mol. The summed E-state index contributed by atoms with van der Waals surface area (Å²) in [6.07, 6.45) is 1.83. The van der Waals surface area contributed by atoms with Gasteiger partial charge in [0.05, 0.1) is 10.8 Å². The smallest absolute Gasteiger partial charge is 0.243 e. The average Bonchev–Trinajstić information content (AvgIpc) is 3.18. The molecule has 0 aromatic heterocycles. The van der Waals surface area contributed by atoms with E-state index in [1.165, 1.54) is 16.4 Å². The van der Waals surface area contributed by atoms with Crippen LogP contribution in [0.4, 0.5) is 11.4 Å². The molecular formula is C24H28ClN3O4S. The standard InChI is InChI=1S/C24H28ClN3O4S/c1-16-9-11-27(12-10-16)33(31,32)21-7-4-19(5-8-21)26-24(30)18-13-23(29)28(15-18)20-6-3-17(2)22(25)14-20/h3-8,14,16,18H,9-13,15H2,1-2H3,(H,26,30). The van der Waals surface area contributed by atoms with E-state index in [0.717, 1.165) is 18.4 Å². The minimum Gasteiger partial charge on any atom is -0.326 e. The third-order valence-corrected chi connectivity index (χ3v) is 8.79. The molecule has 2 aliphatic heterocycles. The van der Waals surface area contributed by atoms with Crippen molar-refractivity contribution in [2.45, 2.75) is 38.0 Å². The van der Waals surface area contributed by atoms with Crippen LogP contribution in [0, 0.1) is 18.8 Å². The molecule has 176 valence electrons. The number of aryl methyl sites for hydroxylation is 1. The van der Waals surface area contributed by atoms with E-state index in [-0.39, 0.29) is 29.7 Å². The highest BCUT2D eigenvalue weighted by Crippen LogP contribution is 2.30. The lowest BCUT2D eigenvalue weighted by Crippen LogP contribution is -2.37. The van der Waals surface area contributed by atoms with Crippen LogP contribution in [0.25, 0.3) is 0 Å². The average molecular weight is 490 g/mol. The van der Waals surface area contributed by atoms with Crippen LogP contribution in [0.2, 0.25) is 5.02 Å². The number of nitrogens with zero attached hydrogens (tertiary/aromatic N) is 2. The Hall–Kier alpha value is -2.42. The molecule has 0 saturated carbocycles. The van der Waals surface area contributed by atoms with Crippen molar-refractivity contribution in [3.8, 4) is 0 Å². The summed E-state index contributed by atoms with van der Waals surface area (Å²) in [6, 6.07) is 11.6. The highest BCUT2D eigenvalue weighted by atomic mass is 35.5. The number of piperidine rings is 1. The van der Waals surface area contributed by atoms with E-state index < -0.39 is 15.9 Å². The van der Waals surface area contributed by atoms with Gasteiger partial charge in [0.15, 0.2) is 0 Å². The van der Waals surface area contributed by atoms with Crippen LogP contribution in [0.15, 0.2) is 47.4 Å². The van der Waals surface area contributed by atoms with Gasteiger partial charge < -0.3 is 10.2 Å². The van der Waals surface area contributed by atoms with Gasteiger partial charge in [0, 0.05) is 42.5 Å². The molecule has 9 heteroatoms. The number of rotatable bonds is 5. The van der Waals surface area contributed by atoms with Crippen molar-refractivity contribution < 1.29 is 18.0 Å². The van der Waals surface area contributed by atoms with Gasteiger partial charge in [-0.05, 0) is 67.6 Å². The Morgan fingerprint density at radius 3 is 2.39 bits per heavy atom. The molecule has 1 N–H and O–H groups in total. The van der Waals surface area contributed by atoms with Gasteiger partial charge >= 0.3 is 0 Å². The molecule has 0 radical (unpaired) electrons. The predicted octanol–water partition coefficient (Wildman–Crippen LogP) is 4.06. The summed E-state index contributed by atoms with van der Waals surface area (Å²) in [5.41, 5.74) is 2.09. The number of benzene rings is 2. The molecule has 4 rings (SSSR count). The number of hydrogen-bond acceptors (Lipinski definition) is 4. The van der Waals surface area contributed by atoms with Crippen LogP contribution in [-0.4, -0.2) is 44.2 Å². The number of halogens is 1. The third-order valence-electron chi connectivity index (χ3n) is 6.47. The zero-order valence-corrected chi connectivity index (χ0v) is 20.3. The second kappa shape index (κ2) is 9.44. The maximum absolute atomic E-state index is 12.9. The number of amides is 2. The van der Waals surface area contributed by atoms with Gasteiger partial charge in [-0.2, -0.15) is 4.31 Å². The van der Waals surface area contributed by atoms with E-state index in [1.54, 1.807) is 23.1 Å². The van der Waals surface area contributed by atoms with Gasteiger partial charge in [-0.3, -0.25) is 9.59 Å². The molecule has 33 heavy (non-hydrogen) atoms. The molecule has 1 atom stereocenters. The first-order valence-corrected chi connectivity index (χ1v) is 12.9. The molecule has 2 fully saturated rings. The zero-order chi connectivity index (χ0) is 23.8. The first-order chi connectivity index (χ1) is 15.6. The van der Waals surface area contributed by atoms with Crippen molar-refractivity contribution in [2.75, 3.05) is 29.9 Å². The molecule has 2 aromatic rings. The van der Waals surface area contributed by atoms with Crippen molar-refractivity contribution in [1.29, 1.82) is 0 Å². The van der Waals surface area contributed by atoms with Crippen molar-refractivity contribution in [3.05, 3.63) is 53.1 Å². The monoisotopic (exact) mass is 489 g/mol. The van der Waals surface area contributed by atoms with Gasteiger partial charge in [0.2, 0.25) is 21.8 Å². The first kappa shape index (κ1) is 23.7. The number of anilines is 2. The summed E-state index contributed by atoms with van der Waals surface area (Å²) in [5.74, 6) is -0.371. The highest BCUT2D eigenvalue weighted by molar-refractivity contribution is 7.89. The van der Waals surface area contributed by atoms with E-state index in [4.69, 9.17) is 11.6 Å². The summed E-state index contributed by atoms with van der Waals surface area (Å²) in [7, 11) is -3.54. The Morgan fingerprint density at radius 1 is 1.09 bits per heavy atom. The zero-order valence-electron chi connectivity index (χ0n) is 18.8. The fraction of sp³-hybridized carbons (Fsp3) is 0.417. The van der Waals surface area contributed by atoms with Gasteiger partial charge in [-0.15, -0.1) is 0 Å². The Labute approximate surface area is 199 Å². The minimum absolute atomic E-state index is 0.108. The molecule has 2 heterocycles. The lowest BCUT2D eigenvalue weighted by atomic mass is 10.0. The van der Waals surface area contributed by atoms with Crippen LogP contribution in [-0.2, 0) is 19.6 Å². The maximum Gasteiger partial charge on any atom is 0.243 e. The third kappa shape index (κ3) is 5.08. The molecular weight excluding hydrogens is 462 g/mol. The molecule has 2 aromatic carbocycles. The summed E-state index contributed by atoms with van der Waals surface area (Å²) in [4.78, 5) is 27.1. The van der Waals surface area contributed by atoms with Crippen molar-refractivity contribution in [1.82, 2.24) is 4.31 Å². The molecule has 0 bridgehead atoms. The summed E-state index contributed by atoms with van der Waals surface area (Å²) in [6.45, 7) is 5.34. The molecule has 2 aliphatic rings. The van der Waals surface area contributed by atoms with Gasteiger partial charge in [0.25, 0.3) is 0 Å². The van der Waals surface area contributed by atoms with E-state index in [2.05, 4.69) is 12.2 Å². The highest BCUT2D eigenvalue weighted by Gasteiger charge is 2.35. The molecule has 1 unspecified atom stereocenters. The van der Waals surface area contributed by atoms with Crippen LogP contribution in [0.3, 0.4) is 0 Å². The quantitative estimate of drug-likeness (QED) is 0.686. The Balaban J connectivity index is 1.40. The van der Waals surface area contributed by atoms with Crippen molar-refractivity contribution in [3.63, 3.8) is 0 Å². The molecule has 0 aliphatic carbocycles. The Kier molecular flexibility index (Phi) is 6.79. The molecule has 7 nitrogen and oxygen atoms in total. The number of carbonyl (C=O) groups excluding carboxylic acids is 2. The molecule has 2 saturated heterocycles. The maximum atomic E-state index is 12.9. The van der Waals surface area contributed by atoms with Crippen molar-refractivity contribution >= 4 is 44.8 Å². The number of sulfonamides is 1. The van der Waals surface area contributed by atoms with E-state index in [9.17, 15) is 18.0 Å². The second-order valence-corrected chi connectivity index (χ2v) is 11.3. The minimum atomic E-state index is -3.54. The fourth-order valence-electron chi connectivity index (χ4n) is 4.21. The summed E-state index contributed by atoms with van der Waals surface area (Å²) >= 11 is 6.18. The Morgan fingerprint density at radius 2 is 1.76 bits per heavy atom. The normalized spacial score (nSPS) is 20.3. The SMILES string of the molecule is Cc1ccc(N2CC(C(=O)Nc3ccc(S(=O)(=O)N4CCC(C)CC4)cc3)CC2=O)cc1Cl. The van der Waals surface area contributed by atoms with Crippen LogP contribution in [0.1, 0.15) is 31.7 Å². The number of hydrogen-bond donors (Lipinski definition) is 1. The fourth-order valence-corrected chi connectivity index (χ4v) is 5.86. The first-order valence-electron chi connectivity index (χ1n) is 11.1. The van der Waals surface area contributed by atoms with Crippen LogP contribution < -0.4 is 10.2 Å². The molecule has 0 spiro atoms. The van der Waals surface area contributed by atoms with E-state index in [1.807, 2.05) is 19.1 Å². The number of nitrogens with one attached hydrogen (secondary N) is 1. The topological polar surface area (TPSA) is 86.8 Å². The lowest BCUT2D eigenvalue weighted by Gasteiger charge is -2.29.